The van der Waals surface area contributed by atoms with Gasteiger partial charge in [-0.2, -0.15) is 0 Å². The highest BCUT2D eigenvalue weighted by Crippen LogP contribution is 2.14. The molecule has 0 aliphatic carbocycles. The molecule has 5 heteroatoms. The van der Waals surface area contributed by atoms with Crippen molar-refractivity contribution in [1.29, 1.82) is 0 Å². The molecule has 0 saturated carbocycles. The van der Waals surface area contributed by atoms with Crippen LogP contribution in [0.4, 0.5) is 0 Å². The van der Waals surface area contributed by atoms with Gasteiger partial charge in [-0.3, -0.25) is 9.80 Å². The lowest BCUT2D eigenvalue weighted by atomic mass is 10.0. The average Bonchev–Trinajstić information content (AvgIpc) is 2.32. The summed E-state index contributed by atoms with van der Waals surface area (Å²) in [7, 11) is 0. The Kier molecular flexibility index (Phi) is 6.61. The van der Waals surface area contributed by atoms with Crippen molar-refractivity contribution in [2.45, 2.75) is 18.9 Å². The molecule has 96 valence electrons. The van der Waals surface area contributed by atoms with E-state index in [-0.39, 0.29) is 12.4 Å². The van der Waals surface area contributed by atoms with E-state index < -0.39 is 0 Å². The first-order valence-corrected chi connectivity index (χ1v) is 6.18. The zero-order valence-electron chi connectivity index (χ0n) is 9.90. The van der Waals surface area contributed by atoms with Crippen molar-refractivity contribution in [3.8, 4) is 0 Å². The molecule has 2 aliphatic rings. The van der Waals surface area contributed by atoms with Crippen molar-refractivity contribution in [3.63, 3.8) is 0 Å². The van der Waals surface area contributed by atoms with E-state index in [0.717, 1.165) is 25.7 Å². The Morgan fingerprint density at radius 2 is 1.69 bits per heavy atom. The van der Waals surface area contributed by atoms with Gasteiger partial charge in [-0.1, -0.05) is 0 Å². The fourth-order valence-electron chi connectivity index (χ4n) is 2.67. The highest BCUT2D eigenvalue weighted by Gasteiger charge is 2.24. The predicted molar refractivity (Wildman–Crippen MR) is 68.2 cm³/mol. The summed E-state index contributed by atoms with van der Waals surface area (Å²) in [5, 5.41) is 12.3. The summed E-state index contributed by atoms with van der Waals surface area (Å²) in [5.41, 5.74) is 0. The average molecular weight is 250 g/mol. The number of nitrogens with one attached hydrogen (secondary N) is 1. The first-order valence-electron chi connectivity index (χ1n) is 6.18. The Bertz CT molecular complexity index is 180. The van der Waals surface area contributed by atoms with Crippen molar-refractivity contribution in [2.75, 3.05) is 52.4 Å². The van der Waals surface area contributed by atoms with E-state index in [0.29, 0.717) is 6.61 Å². The largest absolute Gasteiger partial charge is 0.395 e. The molecule has 2 aliphatic heterocycles. The van der Waals surface area contributed by atoms with Gasteiger partial charge in [0.15, 0.2) is 0 Å². The van der Waals surface area contributed by atoms with Gasteiger partial charge in [0.25, 0.3) is 0 Å². The second-order valence-electron chi connectivity index (χ2n) is 4.58. The Balaban J connectivity index is 0.00000128. The van der Waals surface area contributed by atoms with Crippen LogP contribution in [0.15, 0.2) is 0 Å². The quantitative estimate of drug-likeness (QED) is 0.725. The maximum atomic E-state index is 8.87. The third kappa shape index (κ3) is 3.86. The van der Waals surface area contributed by atoms with Gasteiger partial charge >= 0.3 is 0 Å². The summed E-state index contributed by atoms with van der Waals surface area (Å²) in [4.78, 5) is 4.99. The van der Waals surface area contributed by atoms with E-state index in [9.17, 15) is 0 Å². The molecule has 2 N–H and O–H groups in total. The van der Waals surface area contributed by atoms with E-state index >= 15 is 0 Å². The number of hydrogen-bond acceptors (Lipinski definition) is 4. The van der Waals surface area contributed by atoms with Crippen LogP contribution in [0.1, 0.15) is 12.8 Å². The number of aliphatic hydroxyl groups is 1. The van der Waals surface area contributed by atoms with Crippen LogP contribution in [0.3, 0.4) is 0 Å². The number of rotatable bonds is 3. The minimum atomic E-state index is 0. The summed E-state index contributed by atoms with van der Waals surface area (Å²) >= 11 is 0. The minimum absolute atomic E-state index is 0. The summed E-state index contributed by atoms with van der Waals surface area (Å²) in [6.45, 7) is 8.14. The lowest BCUT2D eigenvalue weighted by Gasteiger charge is -2.40. The molecule has 16 heavy (non-hydrogen) atoms. The van der Waals surface area contributed by atoms with Crippen molar-refractivity contribution in [3.05, 3.63) is 0 Å². The number of hydrogen-bond donors (Lipinski definition) is 2. The van der Waals surface area contributed by atoms with Gasteiger partial charge in [0.1, 0.15) is 0 Å². The van der Waals surface area contributed by atoms with E-state index in [1.54, 1.807) is 0 Å². The highest BCUT2D eigenvalue weighted by molar-refractivity contribution is 5.85. The molecule has 0 amide bonds. The number of nitrogens with zero attached hydrogens (tertiary/aromatic N) is 2. The summed E-state index contributed by atoms with van der Waals surface area (Å²) < 4.78 is 0. The van der Waals surface area contributed by atoms with Crippen molar-refractivity contribution in [2.24, 2.45) is 0 Å². The SMILES string of the molecule is Cl.OCCN1CCN(C2CCNCC2)CC1. The topological polar surface area (TPSA) is 38.7 Å². The van der Waals surface area contributed by atoms with Gasteiger partial charge in [-0.15, -0.1) is 12.4 Å². The molecule has 0 spiro atoms. The number of piperidine rings is 1. The van der Waals surface area contributed by atoms with Crippen LogP contribution in [-0.2, 0) is 0 Å². The normalized spacial score (nSPS) is 25.3. The van der Waals surface area contributed by atoms with Crippen molar-refractivity contribution in [1.82, 2.24) is 15.1 Å². The lowest BCUT2D eigenvalue weighted by molar-refractivity contribution is 0.0723. The van der Waals surface area contributed by atoms with Gasteiger partial charge in [-0.05, 0) is 25.9 Å². The molecule has 0 aromatic carbocycles. The monoisotopic (exact) mass is 249 g/mol. The molecule has 0 bridgehead atoms. The molecule has 2 saturated heterocycles. The van der Waals surface area contributed by atoms with Gasteiger partial charge in [-0.25, -0.2) is 0 Å². The van der Waals surface area contributed by atoms with E-state index in [4.69, 9.17) is 5.11 Å². The summed E-state index contributed by atoms with van der Waals surface area (Å²) in [5.74, 6) is 0. The smallest absolute Gasteiger partial charge is 0.0558 e. The molecule has 4 nitrogen and oxygen atoms in total. The Morgan fingerprint density at radius 1 is 1.06 bits per heavy atom. The number of β-amino-alcohol motifs (C(OH)–C–C–N with tert-alkyl or cyclic N) is 1. The number of piperazine rings is 1. The van der Waals surface area contributed by atoms with Gasteiger partial charge < -0.3 is 10.4 Å². The third-order valence-electron chi connectivity index (χ3n) is 3.65. The molecule has 2 rings (SSSR count). The third-order valence-corrected chi connectivity index (χ3v) is 3.65. The molecule has 2 fully saturated rings. The van der Waals surface area contributed by atoms with Crippen molar-refractivity contribution < 1.29 is 5.11 Å². The summed E-state index contributed by atoms with van der Waals surface area (Å²) in [6, 6.07) is 0.808. The Labute approximate surface area is 104 Å². The van der Waals surface area contributed by atoms with Crippen LogP contribution in [0.25, 0.3) is 0 Å². The molecular weight excluding hydrogens is 226 g/mol. The second kappa shape index (κ2) is 7.45. The van der Waals surface area contributed by atoms with Crippen LogP contribution in [0, 0.1) is 0 Å². The van der Waals surface area contributed by atoms with Crippen LogP contribution in [-0.4, -0.2) is 73.4 Å². The zero-order chi connectivity index (χ0) is 10.5. The molecule has 0 atom stereocenters. The molecule has 0 aromatic rings. The lowest BCUT2D eigenvalue weighted by Crippen LogP contribution is -2.53. The van der Waals surface area contributed by atoms with Crippen LogP contribution in [0.5, 0.6) is 0 Å². The predicted octanol–water partition coefficient (Wildman–Crippen LogP) is -0.230. The molecule has 0 aromatic heterocycles. The second-order valence-corrected chi connectivity index (χ2v) is 4.58. The fourth-order valence-corrected chi connectivity index (χ4v) is 2.67. The first kappa shape index (κ1) is 14.2. The van der Waals surface area contributed by atoms with E-state index in [1.807, 2.05) is 0 Å². The minimum Gasteiger partial charge on any atom is -0.395 e. The molecule has 2 heterocycles. The molecule has 0 unspecified atom stereocenters. The highest BCUT2D eigenvalue weighted by atomic mass is 35.5. The zero-order valence-corrected chi connectivity index (χ0v) is 10.7. The Hall–Kier alpha value is 0.130. The maximum absolute atomic E-state index is 8.87. The number of aliphatic hydroxyl groups excluding tert-OH is 1. The van der Waals surface area contributed by atoms with Crippen LogP contribution < -0.4 is 5.32 Å². The van der Waals surface area contributed by atoms with E-state index in [1.165, 1.54) is 39.0 Å². The van der Waals surface area contributed by atoms with Crippen molar-refractivity contribution >= 4 is 12.4 Å². The van der Waals surface area contributed by atoms with Gasteiger partial charge in [0.2, 0.25) is 0 Å². The van der Waals surface area contributed by atoms with Crippen LogP contribution in [0.2, 0.25) is 0 Å². The molecular formula is C11H24ClN3O. The summed E-state index contributed by atoms with van der Waals surface area (Å²) in [6.07, 6.45) is 2.61. The maximum Gasteiger partial charge on any atom is 0.0558 e. The Morgan fingerprint density at radius 3 is 2.25 bits per heavy atom. The molecule has 0 radical (unpaired) electrons. The van der Waals surface area contributed by atoms with E-state index in [2.05, 4.69) is 15.1 Å². The standard InChI is InChI=1S/C11H23N3O.ClH/c15-10-9-13-5-7-14(8-6-13)11-1-3-12-4-2-11;/h11-12,15H,1-10H2;1H. The fraction of sp³-hybridized carbons (Fsp3) is 1.00. The van der Waals surface area contributed by atoms with Gasteiger partial charge in [0, 0.05) is 38.8 Å². The van der Waals surface area contributed by atoms with Crippen LogP contribution >= 0.6 is 12.4 Å². The first-order chi connectivity index (χ1) is 7.40. The van der Waals surface area contributed by atoms with Gasteiger partial charge in [0.05, 0.1) is 6.61 Å². The number of halogens is 1.